The minimum atomic E-state index is 0.0436. The van der Waals surface area contributed by atoms with Gasteiger partial charge in [-0.1, -0.05) is 13.0 Å². The van der Waals surface area contributed by atoms with Gasteiger partial charge in [-0.25, -0.2) is 0 Å². The first-order valence-electron chi connectivity index (χ1n) is 9.71. The zero-order chi connectivity index (χ0) is 19.2. The highest BCUT2D eigenvalue weighted by atomic mass is 32.1. The Hall–Kier alpha value is -2.21. The minimum Gasteiger partial charge on any atom is -0.335 e. The van der Waals surface area contributed by atoms with Crippen molar-refractivity contribution in [2.75, 3.05) is 13.1 Å². The van der Waals surface area contributed by atoms with Gasteiger partial charge in [0.15, 0.2) is 0 Å². The number of hydrogen-bond donors (Lipinski definition) is 0. The fourth-order valence-electron chi connectivity index (χ4n) is 3.56. The SMILES string of the molecule is CCCC(=O)N1CCCC1c1ccc(C(=O)N(CC)Cc2cccnc2)s1. The number of pyridine rings is 1. The highest BCUT2D eigenvalue weighted by Gasteiger charge is 2.31. The Balaban J connectivity index is 1.72. The van der Waals surface area contributed by atoms with Crippen molar-refractivity contribution in [1.29, 1.82) is 0 Å². The Kier molecular flexibility index (Phi) is 6.61. The third kappa shape index (κ3) is 4.56. The Labute approximate surface area is 165 Å². The molecule has 0 bridgehead atoms. The van der Waals surface area contributed by atoms with E-state index in [-0.39, 0.29) is 17.9 Å². The van der Waals surface area contributed by atoms with Crippen LogP contribution in [0.15, 0.2) is 36.7 Å². The third-order valence-electron chi connectivity index (χ3n) is 4.97. The molecular formula is C21H27N3O2S. The third-order valence-corrected chi connectivity index (χ3v) is 6.14. The van der Waals surface area contributed by atoms with E-state index in [1.807, 2.05) is 47.9 Å². The molecule has 1 aliphatic rings. The van der Waals surface area contributed by atoms with Crippen LogP contribution in [-0.4, -0.2) is 39.7 Å². The van der Waals surface area contributed by atoms with Crippen LogP contribution in [0.2, 0.25) is 0 Å². The van der Waals surface area contributed by atoms with Crippen LogP contribution >= 0.6 is 11.3 Å². The fourth-order valence-corrected chi connectivity index (χ4v) is 4.68. The Bertz CT molecular complexity index is 775. The second-order valence-electron chi connectivity index (χ2n) is 6.88. The fraction of sp³-hybridized carbons (Fsp3) is 0.476. The van der Waals surface area contributed by atoms with Gasteiger partial charge in [0.2, 0.25) is 5.91 Å². The molecule has 2 aromatic heterocycles. The predicted octanol–water partition coefficient (Wildman–Crippen LogP) is 4.27. The zero-order valence-electron chi connectivity index (χ0n) is 16.1. The Morgan fingerprint density at radius 3 is 2.85 bits per heavy atom. The summed E-state index contributed by atoms with van der Waals surface area (Å²) in [6, 6.07) is 7.94. The van der Waals surface area contributed by atoms with Crippen LogP contribution in [0, 0.1) is 0 Å². The monoisotopic (exact) mass is 385 g/mol. The van der Waals surface area contributed by atoms with Crippen LogP contribution in [0.3, 0.4) is 0 Å². The molecule has 1 unspecified atom stereocenters. The second kappa shape index (κ2) is 9.13. The first-order valence-corrected chi connectivity index (χ1v) is 10.5. The van der Waals surface area contributed by atoms with Crippen molar-refractivity contribution >= 4 is 23.2 Å². The summed E-state index contributed by atoms with van der Waals surface area (Å²) in [4.78, 5) is 35.2. The van der Waals surface area contributed by atoms with Gasteiger partial charge in [-0.15, -0.1) is 11.3 Å². The predicted molar refractivity (Wildman–Crippen MR) is 108 cm³/mol. The summed E-state index contributed by atoms with van der Waals surface area (Å²) < 4.78 is 0. The van der Waals surface area contributed by atoms with Crippen LogP contribution in [0.25, 0.3) is 0 Å². The van der Waals surface area contributed by atoms with Crippen molar-refractivity contribution in [2.24, 2.45) is 0 Å². The van der Waals surface area contributed by atoms with E-state index in [0.29, 0.717) is 19.5 Å². The molecule has 3 rings (SSSR count). The number of hydrogen-bond acceptors (Lipinski definition) is 4. The van der Waals surface area contributed by atoms with E-state index in [4.69, 9.17) is 0 Å². The van der Waals surface area contributed by atoms with E-state index in [9.17, 15) is 9.59 Å². The summed E-state index contributed by atoms with van der Waals surface area (Å²) in [5.41, 5.74) is 1.02. The van der Waals surface area contributed by atoms with Gasteiger partial charge >= 0.3 is 0 Å². The van der Waals surface area contributed by atoms with E-state index >= 15 is 0 Å². The number of likely N-dealkylation sites (tertiary alicyclic amines) is 1. The van der Waals surface area contributed by atoms with Crippen molar-refractivity contribution in [3.05, 3.63) is 52.0 Å². The molecule has 1 aliphatic heterocycles. The highest BCUT2D eigenvalue weighted by molar-refractivity contribution is 7.14. The molecule has 6 heteroatoms. The minimum absolute atomic E-state index is 0.0436. The van der Waals surface area contributed by atoms with Crippen molar-refractivity contribution in [1.82, 2.24) is 14.8 Å². The summed E-state index contributed by atoms with van der Waals surface area (Å²) in [7, 11) is 0. The molecule has 0 spiro atoms. The molecule has 3 heterocycles. The van der Waals surface area contributed by atoms with Crippen LogP contribution in [0.4, 0.5) is 0 Å². The molecule has 27 heavy (non-hydrogen) atoms. The summed E-state index contributed by atoms with van der Waals surface area (Å²) in [6.45, 7) is 6.05. The summed E-state index contributed by atoms with van der Waals surface area (Å²) in [6.07, 6.45) is 7.02. The lowest BCUT2D eigenvalue weighted by atomic mass is 10.1. The molecule has 0 N–H and O–H groups in total. The molecule has 0 aromatic carbocycles. The number of nitrogens with zero attached hydrogens (tertiary/aromatic N) is 3. The highest BCUT2D eigenvalue weighted by Crippen LogP contribution is 2.36. The maximum Gasteiger partial charge on any atom is 0.264 e. The van der Waals surface area contributed by atoms with Crippen LogP contribution in [0.1, 0.15) is 65.7 Å². The standard InChI is InChI=1S/C21H27N3O2S/c1-3-7-20(25)24-13-6-9-17(24)18-10-11-19(27-18)21(26)23(4-2)15-16-8-5-12-22-14-16/h5,8,10-12,14,17H,3-4,6-7,9,13,15H2,1-2H3. The second-order valence-corrected chi connectivity index (χ2v) is 7.99. The van der Waals surface area contributed by atoms with E-state index < -0.39 is 0 Å². The van der Waals surface area contributed by atoms with Crippen LogP contribution in [-0.2, 0) is 11.3 Å². The number of carbonyl (C=O) groups is 2. The lowest BCUT2D eigenvalue weighted by molar-refractivity contribution is -0.132. The van der Waals surface area contributed by atoms with Crippen molar-refractivity contribution in [3.63, 3.8) is 0 Å². The van der Waals surface area contributed by atoms with Crippen molar-refractivity contribution in [2.45, 2.75) is 52.1 Å². The van der Waals surface area contributed by atoms with E-state index in [2.05, 4.69) is 4.98 Å². The first kappa shape index (κ1) is 19.5. The first-order chi connectivity index (χ1) is 13.1. The smallest absolute Gasteiger partial charge is 0.264 e. The van der Waals surface area contributed by atoms with E-state index in [1.165, 1.54) is 11.3 Å². The van der Waals surface area contributed by atoms with Gasteiger partial charge in [0.05, 0.1) is 10.9 Å². The molecule has 0 radical (unpaired) electrons. The maximum atomic E-state index is 13.0. The topological polar surface area (TPSA) is 53.5 Å². The molecule has 1 saturated heterocycles. The molecule has 1 atom stereocenters. The molecule has 0 saturated carbocycles. The number of carbonyl (C=O) groups excluding carboxylic acids is 2. The number of rotatable bonds is 7. The maximum absolute atomic E-state index is 13.0. The largest absolute Gasteiger partial charge is 0.335 e. The Morgan fingerprint density at radius 2 is 2.15 bits per heavy atom. The summed E-state index contributed by atoms with van der Waals surface area (Å²) in [5, 5.41) is 0. The molecule has 2 aromatic rings. The molecular weight excluding hydrogens is 358 g/mol. The Morgan fingerprint density at radius 1 is 1.30 bits per heavy atom. The van der Waals surface area contributed by atoms with Gasteiger partial charge in [0.1, 0.15) is 0 Å². The van der Waals surface area contributed by atoms with Crippen LogP contribution in [0.5, 0.6) is 0 Å². The molecule has 1 fully saturated rings. The number of aromatic nitrogens is 1. The van der Waals surface area contributed by atoms with E-state index in [0.717, 1.165) is 41.1 Å². The molecule has 0 aliphatic carbocycles. The summed E-state index contributed by atoms with van der Waals surface area (Å²) >= 11 is 1.53. The zero-order valence-corrected chi connectivity index (χ0v) is 16.9. The van der Waals surface area contributed by atoms with Gasteiger partial charge in [-0.2, -0.15) is 0 Å². The number of amides is 2. The van der Waals surface area contributed by atoms with Gasteiger partial charge < -0.3 is 9.80 Å². The molecule has 144 valence electrons. The molecule has 2 amide bonds. The van der Waals surface area contributed by atoms with Crippen LogP contribution < -0.4 is 0 Å². The molecule has 5 nitrogen and oxygen atoms in total. The lowest BCUT2D eigenvalue weighted by Crippen LogP contribution is -2.30. The average molecular weight is 386 g/mol. The van der Waals surface area contributed by atoms with Crippen molar-refractivity contribution in [3.8, 4) is 0 Å². The van der Waals surface area contributed by atoms with Gasteiger partial charge in [0.25, 0.3) is 5.91 Å². The van der Waals surface area contributed by atoms with Crippen molar-refractivity contribution < 1.29 is 9.59 Å². The summed E-state index contributed by atoms with van der Waals surface area (Å²) in [5.74, 6) is 0.273. The van der Waals surface area contributed by atoms with E-state index in [1.54, 1.807) is 12.4 Å². The van der Waals surface area contributed by atoms with Gasteiger partial charge in [0, 0.05) is 43.3 Å². The number of thiophene rings is 1. The van der Waals surface area contributed by atoms with Gasteiger partial charge in [-0.05, 0) is 49.9 Å². The average Bonchev–Trinajstić information content (AvgIpc) is 3.35. The van der Waals surface area contributed by atoms with Gasteiger partial charge in [-0.3, -0.25) is 14.6 Å². The normalized spacial score (nSPS) is 16.5. The lowest BCUT2D eigenvalue weighted by Gasteiger charge is -2.24. The quantitative estimate of drug-likeness (QED) is 0.715.